The summed E-state index contributed by atoms with van der Waals surface area (Å²) in [5.41, 5.74) is 3.78. The van der Waals surface area contributed by atoms with Crippen molar-refractivity contribution < 1.29 is 9.53 Å². The molecule has 3 aromatic rings. The molecule has 2 amide bonds. The zero-order valence-corrected chi connectivity index (χ0v) is 19.3. The van der Waals surface area contributed by atoms with Crippen LogP contribution in [0.2, 0.25) is 0 Å². The highest BCUT2D eigenvalue weighted by molar-refractivity contribution is 5.97. The number of amides is 2. The maximum absolute atomic E-state index is 12.9. The Hall–Kier alpha value is -3.66. The molecule has 1 aromatic carbocycles. The van der Waals surface area contributed by atoms with Gasteiger partial charge in [0.2, 0.25) is 5.95 Å². The number of nitrogens with zero attached hydrogens (tertiary/aromatic N) is 4. The van der Waals surface area contributed by atoms with E-state index >= 15 is 0 Å². The van der Waals surface area contributed by atoms with Crippen LogP contribution < -0.4 is 21.2 Å². The first-order valence-electron chi connectivity index (χ1n) is 11.0. The van der Waals surface area contributed by atoms with Crippen LogP contribution in [0.25, 0.3) is 22.2 Å². The molecule has 2 atom stereocenters. The van der Waals surface area contributed by atoms with Gasteiger partial charge in [-0.25, -0.2) is 9.78 Å². The highest BCUT2D eigenvalue weighted by Gasteiger charge is 2.19. The van der Waals surface area contributed by atoms with Gasteiger partial charge in [-0.3, -0.25) is 15.1 Å². The topological polar surface area (TPSA) is 117 Å². The fourth-order valence-corrected chi connectivity index (χ4v) is 3.84. The first-order valence-corrected chi connectivity index (χ1v) is 11.0. The molecule has 4 rings (SSSR count). The molecular formula is C23H29N7O3. The average molecular weight is 452 g/mol. The van der Waals surface area contributed by atoms with Crippen molar-refractivity contribution in [1.82, 2.24) is 19.9 Å². The third-order valence-corrected chi connectivity index (χ3v) is 5.88. The lowest BCUT2D eigenvalue weighted by atomic mass is 10.0. The van der Waals surface area contributed by atoms with Gasteiger partial charge in [0, 0.05) is 45.1 Å². The van der Waals surface area contributed by atoms with Crippen molar-refractivity contribution in [1.29, 1.82) is 0 Å². The highest BCUT2D eigenvalue weighted by atomic mass is 16.5. The second kappa shape index (κ2) is 9.45. The third kappa shape index (κ3) is 4.61. The fraction of sp³-hybridized carbons (Fsp3) is 0.391. The number of urea groups is 1. The molecule has 174 valence electrons. The summed E-state index contributed by atoms with van der Waals surface area (Å²) in [6.07, 6.45) is 4.41. The zero-order valence-electron chi connectivity index (χ0n) is 19.3. The molecule has 0 fully saturated rings. The molecule has 0 spiro atoms. The summed E-state index contributed by atoms with van der Waals surface area (Å²) < 4.78 is 7.05. The van der Waals surface area contributed by atoms with E-state index in [0.717, 1.165) is 35.3 Å². The van der Waals surface area contributed by atoms with Crippen molar-refractivity contribution in [3.8, 4) is 11.1 Å². The molecule has 0 aliphatic carbocycles. The van der Waals surface area contributed by atoms with E-state index in [1.165, 1.54) is 0 Å². The van der Waals surface area contributed by atoms with Crippen LogP contribution in [0.4, 0.5) is 16.4 Å². The summed E-state index contributed by atoms with van der Waals surface area (Å²) in [6.45, 7) is 6.99. The Morgan fingerprint density at radius 2 is 2.09 bits per heavy atom. The Morgan fingerprint density at radius 1 is 1.27 bits per heavy atom. The maximum Gasteiger partial charge on any atom is 0.321 e. The van der Waals surface area contributed by atoms with Crippen LogP contribution in [0.15, 0.2) is 40.4 Å². The summed E-state index contributed by atoms with van der Waals surface area (Å²) >= 11 is 0. The Morgan fingerprint density at radius 3 is 2.76 bits per heavy atom. The number of aromatic nitrogens is 3. The Kier molecular flexibility index (Phi) is 6.45. The molecule has 10 nitrogen and oxygen atoms in total. The maximum atomic E-state index is 12.9. The number of rotatable bonds is 7. The Labute approximate surface area is 191 Å². The number of hydrogen-bond acceptors (Lipinski definition) is 6. The number of H-pyrrole nitrogens is 1. The summed E-state index contributed by atoms with van der Waals surface area (Å²) in [4.78, 5) is 32.5. The predicted molar refractivity (Wildman–Crippen MR) is 130 cm³/mol. The van der Waals surface area contributed by atoms with Crippen molar-refractivity contribution in [3.05, 3.63) is 40.8 Å². The number of methoxy groups -OCH3 is 1. The van der Waals surface area contributed by atoms with Gasteiger partial charge in [0.25, 0.3) is 5.56 Å². The minimum absolute atomic E-state index is 0.0931. The molecule has 3 N–H and O–H groups in total. The van der Waals surface area contributed by atoms with Gasteiger partial charge in [0.1, 0.15) is 0 Å². The first-order chi connectivity index (χ1) is 15.9. The zero-order chi connectivity index (χ0) is 23.5. The molecule has 0 radical (unpaired) electrons. The number of nitrogens with one attached hydrogen (secondary N) is 3. The molecule has 0 saturated carbocycles. The first kappa shape index (κ1) is 22.5. The van der Waals surface area contributed by atoms with E-state index in [0.29, 0.717) is 18.0 Å². The van der Waals surface area contributed by atoms with Crippen LogP contribution in [0.3, 0.4) is 0 Å². The van der Waals surface area contributed by atoms with Crippen LogP contribution in [-0.4, -0.2) is 53.1 Å². The highest BCUT2D eigenvalue weighted by Crippen LogP contribution is 2.34. The SMILES string of the molecule is CCNC(=O)Nc1nc2cc(-c3ccn([C@@H](C)[C@H](C)OC)c(=O)c3)cc(N3CCC=N3)c2[nH]1. The molecule has 1 aliphatic heterocycles. The van der Waals surface area contributed by atoms with Gasteiger partial charge in [-0.05, 0) is 50.1 Å². The van der Waals surface area contributed by atoms with Crippen molar-refractivity contribution in [2.24, 2.45) is 5.10 Å². The molecule has 0 bridgehead atoms. The van der Waals surface area contributed by atoms with E-state index in [-0.39, 0.29) is 23.7 Å². The smallest absolute Gasteiger partial charge is 0.321 e. The number of benzene rings is 1. The largest absolute Gasteiger partial charge is 0.380 e. The van der Waals surface area contributed by atoms with Crippen LogP contribution in [0.5, 0.6) is 0 Å². The van der Waals surface area contributed by atoms with Gasteiger partial charge < -0.3 is 19.6 Å². The van der Waals surface area contributed by atoms with Crippen LogP contribution in [-0.2, 0) is 4.74 Å². The number of ether oxygens (including phenoxy) is 1. The number of carbonyl (C=O) groups excluding carboxylic acids is 1. The number of anilines is 2. The van der Waals surface area contributed by atoms with Gasteiger partial charge in [0.05, 0.1) is 28.9 Å². The second-order valence-corrected chi connectivity index (χ2v) is 8.01. The van der Waals surface area contributed by atoms with Crippen molar-refractivity contribution in [2.75, 3.05) is 30.5 Å². The second-order valence-electron chi connectivity index (χ2n) is 8.01. The Balaban J connectivity index is 1.76. The summed E-state index contributed by atoms with van der Waals surface area (Å²) in [7, 11) is 1.64. The van der Waals surface area contributed by atoms with E-state index in [1.54, 1.807) is 23.9 Å². The van der Waals surface area contributed by atoms with Crippen LogP contribution in [0, 0.1) is 0 Å². The minimum atomic E-state index is -0.333. The number of pyridine rings is 1. The molecular weight excluding hydrogens is 422 g/mol. The van der Waals surface area contributed by atoms with Crippen molar-refractivity contribution in [3.63, 3.8) is 0 Å². The summed E-state index contributed by atoms with van der Waals surface area (Å²) in [5.74, 6) is 0.343. The number of aromatic amines is 1. The van der Waals surface area contributed by atoms with E-state index < -0.39 is 0 Å². The molecule has 33 heavy (non-hydrogen) atoms. The summed E-state index contributed by atoms with van der Waals surface area (Å²) in [6, 6.07) is 7.00. The molecule has 0 saturated heterocycles. The molecule has 10 heteroatoms. The van der Waals surface area contributed by atoms with E-state index in [4.69, 9.17) is 4.74 Å². The fourth-order valence-electron chi connectivity index (χ4n) is 3.84. The van der Waals surface area contributed by atoms with Gasteiger partial charge in [-0.1, -0.05) is 0 Å². The van der Waals surface area contributed by atoms with E-state index in [1.807, 2.05) is 50.2 Å². The van der Waals surface area contributed by atoms with Crippen molar-refractivity contribution >= 4 is 34.9 Å². The number of imidazole rings is 1. The third-order valence-electron chi connectivity index (χ3n) is 5.88. The Bertz CT molecular complexity index is 1250. The lowest BCUT2D eigenvalue weighted by molar-refractivity contribution is 0.0765. The monoisotopic (exact) mass is 451 g/mol. The lowest BCUT2D eigenvalue weighted by Gasteiger charge is -2.21. The predicted octanol–water partition coefficient (Wildman–Crippen LogP) is 3.32. The van der Waals surface area contributed by atoms with E-state index in [2.05, 4.69) is 25.7 Å². The standard InChI is InChI=1S/C23H29N7O3/c1-5-24-23(32)28-22-26-18-11-17(12-19(21(18)27-22)30-9-6-8-25-30)16-7-10-29(20(31)13-16)14(2)15(3)33-4/h7-8,10-15H,5-6,9H2,1-4H3,(H3,24,26,27,28,32)/t14-,15-/m0/s1. The van der Waals surface area contributed by atoms with Crippen molar-refractivity contribution in [2.45, 2.75) is 39.3 Å². The molecule has 3 heterocycles. The van der Waals surface area contributed by atoms with Crippen LogP contribution >= 0.6 is 0 Å². The van der Waals surface area contributed by atoms with Crippen LogP contribution in [0.1, 0.15) is 33.2 Å². The molecule has 2 aromatic heterocycles. The lowest BCUT2D eigenvalue weighted by Crippen LogP contribution is -2.29. The van der Waals surface area contributed by atoms with Gasteiger partial charge in [-0.2, -0.15) is 5.10 Å². The van der Waals surface area contributed by atoms with Gasteiger partial charge in [0.15, 0.2) is 0 Å². The molecule has 1 aliphatic rings. The van der Waals surface area contributed by atoms with E-state index in [9.17, 15) is 9.59 Å². The minimum Gasteiger partial charge on any atom is -0.380 e. The summed E-state index contributed by atoms with van der Waals surface area (Å²) in [5, 5.41) is 11.8. The average Bonchev–Trinajstić information content (AvgIpc) is 3.47. The van der Waals surface area contributed by atoms with Gasteiger partial charge in [-0.15, -0.1) is 0 Å². The molecule has 0 unspecified atom stereocenters. The van der Waals surface area contributed by atoms with Gasteiger partial charge >= 0.3 is 6.03 Å². The number of carbonyl (C=O) groups is 1. The number of fused-ring (bicyclic) bond motifs is 1. The number of hydrazone groups is 1. The quantitative estimate of drug-likeness (QED) is 0.509. The normalized spacial score (nSPS) is 15.1. The number of hydrogen-bond donors (Lipinski definition) is 3.